The number of hydrogen-bond donors (Lipinski definition) is 2. The molecule has 3 aliphatic heterocycles. The Hall–Kier alpha value is -3.10. The third-order valence-electron chi connectivity index (χ3n) is 4.85. The molecule has 1 spiro atoms. The minimum absolute atomic E-state index is 0.265. The first kappa shape index (κ1) is 18.0. The summed E-state index contributed by atoms with van der Waals surface area (Å²) in [6.45, 7) is 3.69. The molecule has 2 N–H and O–H groups in total. The molecule has 29 heavy (non-hydrogen) atoms. The Morgan fingerprint density at radius 1 is 1.21 bits per heavy atom. The van der Waals surface area contributed by atoms with Crippen molar-refractivity contribution in [2.75, 3.05) is 11.1 Å². The van der Waals surface area contributed by atoms with Crippen molar-refractivity contribution in [3.63, 3.8) is 0 Å². The van der Waals surface area contributed by atoms with Gasteiger partial charge in [0.25, 0.3) is 17.5 Å². The minimum Gasteiger partial charge on any atom is -0.321 e. The number of amidine groups is 1. The highest BCUT2D eigenvalue weighted by molar-refractivity contribution is 8.14. The first-order chi connectivity index (χ1) is 14.0. The van der Waals surface area contributed by atoms with Crippen LogP contribution in [0.4, 0.5) is 5.69 Å². The highest BCUT2D eigenvalue weighted by atomic mass is 35.5. The number of fused-ring (bicyclic) bond motifs is 5. The van der Waals surface area contributed by atoms with Gasteiger partial charge in [0.2, 0.25) is 0 Å². The van der Waals surface area contributed by atoms with Crippen molar-refractivity contribution in [3.05, 3.63) is 76.3 Å². The van der Waals surface area contributed by atoms with Crippen LogP contribution in [0.3, 0.4) is 0 Å². The van der Waals surface area contributed by atoms with Gasteiger partial charge in [-0.2, -0.15) is 0 Å². The number of halogens is 1. The molecule has 2 aromatic carbocycles. The van der Waals surface area contributed by atoms with Crippen LogP contribution in [0.1, 0.15) is 5.56 Å². The Balaban J connectivity index is 1.85. The van der Waals surface area contributed by atoms with Gasteiger partial charge < -0.3 is 5.32 Å². The van der Waals surface area contributed by atoms with Crippen LogP contribution in [-0.4, -0.2) is 27.7 Å². The fraction of sp³-hybridized carbons (Fsp3) is 0.100. The van der Waals surface area contributed by atoms with Crippen LogP contribution in [0.2, 0.25) is 5.02 Å². The zero-order valence-electron chi connectivity index (χ0n) is 15.0. The molecule has 3 aliphatic rings. The highest BCUT2D eigenvalue weighted by Gasteiger charge is 2.56. The fourth-order valence-electron chi connectivity index (χ4n) is 3.65. The van der Waals surface area contributed by atoms with Crippen LogP contribution in [0, 0.1) is 0 Å². The van der Waals surface area contributed by atoms with E-state index in [4.69, 9.17) is 16.6 Å². The van der Waals surface area contributed by atoms with E-state index in [1.54, 1.807) is 36.4 Å². The number of benzene rings is 2. The van der Waals surface area contributed by atoms with Gasteiger partial charge in [0.15, 0.2) is 5.17 Å². The molecule has 2 amide bonds. The van der Waals surface area contributed by atoms with E-state index in [2.05, 4.69) is 22.3 Å². The van der Waals surface area contributed by atoms with Gasteiger partial charge in [-0.25, -0.2) is 10.0 Å². The topological polar surface area (TPSA) is 86.2 Å². The average molecular weight is 424 g/mol. The van der Waals surface area contributed by atoms with Gasteiger partial charge in [0.1, 0.15) is 5.70 Å². The minimum atomic E-state index is -1.55. The Bertz CT molecular complexity index is 1260. The SMILES string of the molecule is C=CCSC1=NN2C(=c3ccccc3=NC23C(=O)Nc2ccc(Cl)cc23)C(=O)N1. The smallest absolute Gasteiger partial charge is 0.279 e. The molecule has 0 fully saturated rings. The van der Waals surface area contributed by atoms with Crippen LogP contribution in [0.15, 0.2) is 65.2 Å². The second-order valence-electron chi connectivity index (χ2n) is 6.56. The van der Waals surface area contributed by atoms with Gasteiger partial charge in [-0.05, 0) is 24.3 Å². The summed E-state index contributed by atoms with van der Waals surface area (Å²) in [7, 11) is 0. The Morgan fingerprint density at radius 3 is 2.86 bits per heavy atom. The number of carbonyl (C=O) groups is 2. The maximum Gasteiger partial charge on any atom is 0.279 e. The summed E-state index contributed by atoms with van der Waals surface area (Å²) in [6.07, 6.45) is 1.71. The van der Waals surface area contributed by atoms with Crippen molar-refractivity contribution >= 4 is 51.7 Å². The van der Waals surface area contributed by atoms with Gasteiger partial charge in [-0.15, -0.1) is 11.7 Å². The Labute approximate surface area is 174 Å². The molecule has 0 radical (unpaired) electrons. The number of thioether (sulfide) groups is 1. The molecular formula is C20H14ClN5O2S. The van der Waals surface area contributed by atoms with Gasteiger partial charge >= 0.3 is 0 Å². The molecule has 5 rings (SSSR count). The van der Waals surface area contributed by atoms with Crippen molar-refractivity contribution in [1.29, 1.82) is 0 Å². The molecule has 9 heteroatoms. The maximum absolute atomic E-state index is 13.3. The molecule has 2 aromatic rings. The number of hydrazone groups is 1. The molecule has 0 bridgehead atoms. The molecule has 144 valence electrons. The quantitative estimate of drug-likeness (QED) is 0.717. The lowest BCUT2D eigenvalue weighted by molar-refractivity contribution is -0.127. The number of rotatable bonds is 2. The monoisotopic (exact) mass is 423 g/mol. The molecule has 7 nitrogen and oxygen atoms in total. The molecular weight excluding hydrogens is 410 g/mol. The second kappa shape index (κ2) is 6.47. The molecule has 0 saturated carbocycles. The van der Waals surface area contributed by atoms with E-state index in [1.165, 1.54) is 16.8 Å². The van der Waals surface area contributed by atoms with Crippen LogP contribution >= 0.6 is 23.4 Å². The van der Waals surface area contributed by atoms with E-state index in [0.29, 0.717) is 37.8 Å². The van der Waals surface area contributed by atoms with Crippen molar-refractivity contribution in [3.8, 4) is 0 Å². The van der Waals surface area contributed by atoms with Crippen LogP contribution in [-0.2, 0) is 15.3 Å². The zero-order chi connectivity index (χ0) is 20.2. The summed E-state index contributed by atoms with van der Waals surface area (Å²) in [5.41, 5.74) is -0.153. The number of nitrogens with zero attached hydrogens (tertiary/aromatic N) is 3. The second-order valence-corrected chi connectivity index (χ2v) is 8.01. The van der Waals surface area contributed by atoms with Gasteiger partial charge in [0.05, 0.1) is 5.36 Å². The summed E-state index contributed by atoms with van der Waals surface area (Å²) in [5, 5.41) is 13.6. The van der Waals surface area contributed by atoms with E-state index < -0.39 is 11.6 Å². The molecule has 1 unspecified atom stereocenters. The maximum atomic E-state index is 13.3. The number of nitrogens with one attached hydrogen (secondary N) is 2. The molecule has 1 atom stereocenters. The normalized spacial score (nSPS) is 21.5. The molecule has 0 aliphatic carbocycles. The number of hydrogen-bond acceptors (Lipinski definition) is 6. The lowest BCUT2D eigenvalue weighted by atomic mass is 9.97. The third kappa shape index (κ3) is 2.53. The Morgan fingerprint density at radius 2 is 2.03 bits per heavy atom. The third-order valence-corrected chi connectivity index (χ3v) is 5.94. The van der Waals surface area contributed by atoms with Crippen molar-refractivity contribution < 1.29 is 9.59 Å². The summed E-state index contributed by atoms with van der Waals surface area (Å²) in [4.78, 5) is 31.2. The van der Waals surface area contributed by atoms with E-state index in [9.17, 15) is 9.59 Å². The fourth-order valence-corrected chi connectivity index (χ4v) is 4.40. The first-order valence-electron chi connectivity index (χ1n) is 8.79. The predicted molar refractivity (Wildman–Crippen MR) is 112 cm³/mol. The van der Waals surface area contributed by atoms with Gasteiger partial charge in [-0.1, -0.05) is 47.6 Å². The lowest BCUT2D eigenvalue weighted by Crippen LogP contribution is -2.59. The molecule has 3 heterocycles. The van der Waals surface area contributed by atoms with Crippen LogP contribution in [0.25, 0.3) is 5.70 Å². The Kier molecular flexibility index (Phi) is 4.01. The molecule has 0 saturated heterocycles. The van der Waals surface area contributed by atoms with E-state index in [-0.39, 0.29) is 11.6 Å². The van der Waals surface area contributed by atoms with Crippen LogP contribution in [0.5, 0.6) is 0 Å². The molecule has 0 aromatic heterocycles. The number of amides is 2. The predicted octanol–water partition coefficient (Wildman–Crippen LogP) is 1.51. The van der Waals surface area contributed by atoms with E-state index in [0.717, 1.165) is 0 Å². The summed E-state index contributed by atoms with van der Waals surface area (Å²) < 4.78 is 0. The van der Waals surface area contributed by atoms with E-state index >= 15 is 0 Å². The van der Waals surface area contributed by atoms with E-state index in [1.807, 2.05) is 12.1 Å². The van der Waals surface area contributed by atoms with Crippen molar-refractivity contribution in [2.24, 2.45) is 10.1 Å². The number of anilines is 1. The summed E-state index contributed by atoms with van der Waals surface area (Å²) >= 11 is 7.55. The highest BCUT2D eigenvalue weighted by Crippen LogP contribution is 2.46. The lowest BCUT2D eigenvalue weighted by Gasteiger charge is -2.39. The summed E-state index contributed by atoms with van der Waals surface area (Å²) in [5.74, 6) is -0.192. The standard InChI is InChI=1S/C20H14ClN5O2S/c1-2-9-29-19-23-17(27)16-12-5-3-4-6-14(12)24-20(26(16)25-19)13-10-11(21)7-8-15(13)22-18(20)28/h2-8,10H,1,9H2,(H,22,28)(H,23,25,27). The van der Waals surface area contributed by atoms with Crippen molar-refractivity contribution in [2.45, 2.75) is 5.66 Å². The number of para-hydroxylation sites is 1. The summed E-state index contributed by atoms with van der Waals surface area (Å²) in [6, 6.07) is 12.3. The van der Waals surface area contributed by atoms with Crippen molar-refractivity contribution in [1.82, 2.24) is 10.3 Å². The van der Waals surface area contributed by atoms with Gasteiger partial charge in [0, 0.05) is 27.2 Å². The van der Waals surface area contributed by atoms with Crippen LogP contribution < -0.4 is 21.2 Å². The largest absolute Gasteiger partial charge is 0.321 e. The zero-order valence-corrected chi connectivity index (χ0v) is 16.5. The van der Waals surface area contributed by atoms with Gasteiger partial charge in [-0.3, -0.25) is 14.9 Å². The number of carbonyl (C=O) groups excluding carboxylic acids is 2. The average Bonchev–Trinajstić information content (AvgIpc) is 2.98. The first-order valence-corrected chi connectivity index (χ1v) is 10.2.